The molecule has 1 aliphatic heterocycles. The molecule has 0 saturated carbocycles. The van der Waals surface area contributed by atoms with E-state index >= 15 is 0 Å². The number of piperazine rings is 1. The lowest BCUT2D eigenvalue weighted by molar-refractivity contribution is 0.380. The topological polar surface area (TPSA) is 66.6 Å². The molecule has 0 aromatic heterocycles. The Hall–Kier alpha value is -0.530. The highest BCUT2D eigenvalue weighted by atomic mass is 35.5. The van der Waals surface area contributed by atoms with Crippen molar-refractivity contribution < 1.29 is 8.42 Å². The number of hydrogen-bond acceptors (Lipinski definition) is 4. The van der Waals surface area contributed by atoms with Gasteiger partial charge in [0, 0.05) is 38.4 Å². The van der Waals surface area contributed by atoms with Crippen LogP contribution < -0.4 is 10.6 Å². The van der Waals surface area contributed by atoms with Crippen LogP contribution in [0.2, 0.25) is 0 Å². The van der Waals surface area contributed by atoms with E-state index in [4.69, 9.17) is 5.73 Å². The highest BCUT2D eigenvalue weighted by Gasteiger charge is 2.30. The zero-order valence-corrected chi connectivity index (χ0v) is 14.5. The minimum atomic E-state index is -3.24. The van der Waals surface area contributed by atoms with Gasteiger partial charge in [-0.15, -0.1) is 24.8 Å². The van der Waals surface area contributed by atoms with Crippen molar-refractivity contribution in [2.45, 2.75) is 12.2 Å². The highest BCUT2D eigenvalue weighted by molar-refractivity contribution is 7.89. The molecule has 21 heavy (non-hydrogen) atoms. The van der Waals surface area contributed by atoms with Gasteiger partial charge in [-0.3, -0.25) is 0 Å². The van der Waals surface area contributed by atoms with E-state index < -0.39 is 15.3 Å². The van der Waals surface area contributed by atoms with Gasteiger partial charge in [0.25, 0.3) is 0 Å². The van der Waals surface area contributed by atoms with E-state index in [1.807, 2.05) is 30.3 Å². The van der Waals surface area contributed by atoms with Crippen LogP contribution in [0.25, 0.3) is 0 Å². The molecular formula is C13H23Cl2N3O2S. The molecule has 1 aromatic carbocycles. The maximum Gasteiger partial charge on any atom is 0.218 e. The molecule has 0 radical (unpaired) electrons. The summed E-state index contributed by atoms with van der Waals surface area (Å²) in [6, 6.07) is 10.1. The van der Waals surface area contributed by atoms with Crippen LogP contribution in [0.1, 0.15) is 6.92 Å². The Kier molecular flexibility index (Phi) is 8.58. The molecule has 1 fully saturated rings. The first-order valence-corrected chi connectivity index (χ1v) is 8.05. The summed E-state index contributed by atoms with van der Waals surface area (Å²) in [5.41, 5.74) is 6.61. The number of hydrogen-bond donors (Lipinski definition) is 1. The smallest absolute Gasteiger partial charge is 0.218 e. The zero-order chi connectivity index (χ0) is 13.9. The first kappa shape index (κ1) is 20.5. The third kappa shape index (κ3) is 4.72. The van der Waals surface area contributed by atoms with Gasteiger partial charge >= 0.3 is 0 Å². The molecule has 1 heterocycles. The Balaban J connectivity index is 0.00000200. The normalized spacial score (nSPS) is 17.5. The zero-order valence-electron chi connectivity index (χ0n) is 12.0. The Morgan fingerprint density at radius 2 is 1.62 bits per heavy atom. The van der Waals surface area contributed by atoms with Crippen molar-refractivity contribution in [3.63, 3.8) is 0 Å². The van der Waals surface area contributed by atoms with E-state index in [0.29, 0.717) is 13.1 Å². The van der Waals surface area contributed by atoms with Crippen LogP contribution in [-0.4, -0.2) is 50.7 Å². The minimum Gasteiger partial charge on any atom is -0.369 e. The lowest BCUT2D eigenvalue weighted by Gasteiger charge is -2.36. The number of sulfonamides is 1. The molecule has 1 atom stereocenters. The second-order valence-electron chi connectivity index (χ2n) is 4.81. The molecule has 2 N–H and O–H groups in total. The van der Waals surface area contributed by atoms with E-state index in [-0.39, 0.29) is 31.4 Å². The van der Waals surface area contributed by atoms with Gasteiger partial charge in [0.05, 0.1) is 5.25 Å². The van der Waals surface area contributed by atoms with Crippen molar-refractivity contribution in [3.8, 4) is 0 Å². The fraction of sp³-hybridized carbons (Fsp3) is 0.538. The first-order chi connectivity index (χ1) is 9.05. The van der Waals surface area contributed by atoms with Crippen molar-refractivity contribution in [1.29, 1.82) is 0 Å². The molecule has 8 heteroatoms. The van der Waals surface area contributed by atoms with Crippen LogP contribution in [0, 0.1) is 0 Å². The maximum absolute atomic E-state index is 12.2. The Labute approximate surface area is 139 Å². The second-order valence-corrected chi connectivity index (χ2v) is 7.16. The number of nitrogens with two attached hydrogens (primary N) is 1. The van der Waals surface area contributed by atoms with Crippen molar-refractivity contribution in [1.82, 2.24) is 4.31 Å². The van der Waals surface area contributed by atoms with Gasteiger partial charge in [-0.25, -0.2) is 8.42 Å². The molecule has 1 aliphatic rings. The number of para-hydroxylation sites is 1. The molecule has 122 valence electrons. The number of halogens is 2. The number of rotatable bonds is 4. The summed E-state index contributed by atoms with van der Waals surface area (Å²) in [4.78, 5) is 2.21. The van der Waals surface area contributed by atoms with Crippen LogP contribution >= 0.6 is 24.8 Å². The molecule has 2 rings (SSSR count). The third-order valence-corrected chi connectivity index (χ3v) is 5.85. The number of anilines is 1. The van der Waals surface area contributed by atoms with Crippen LogP contribution in [0.15, 0.2) is 30.3 Å². The van der Waals surface area contributed by atoms with Crippen LogP contribution in [0.4, 0.5) is 5.69 Å². The summed E-state index contributed by atoms with van der Waals surface area (Å²) in [5.74, 6) is 0. The summed E-state index contributed by atoms with van der Waals surface area (Å²) in [7, 11) is -3.24. The van der Waals surface area contributed by atoms with Gasteiger partial charge in [-0.05, 0) is 19.1 Å². The molecular weight excluding hydrogens is 333 g/mol. The monoisotopic (exact) mass is 355 g/mol. The lowest BCUT2D eigenvalue weighted by Crippen LogP contribution is -2.51. The van der Waals surface area contributed by atoms with Crippen molar-refractivity contribution in [3.05, 3.63) is 30.3 Å². The Bertz CT molecular complexity index is 505. The van der Waals surface area contributed by atoms with Gasteiger partial charge in [0.1, 0.15) is 0 Å². The van der Waals surface area contributed by atoms with Crippen molar-refractivity contribution in [2.24, 2.45) is 5.73 Å². The van der Waals surface area contributed by atoms with Gasteiger partial charge < -0.3 is 10.6 Å². The summed E-state index contributed by atoms with van der Waals surface area (Å²) in [5, 5.41) is -0.504. The fourth-order valence-electron chi connectivity index (χ4n) is 2.22. The highest BCUT2D eigenvalue weighted by Crippen LogP contribution is 2.18. The van der Waals surface area contributed by atoms with Gasteiger partial charge in [0.2, 0.25) is 10.0 Å². The SMILES string of the molecule is C[C@@H](CN)S(=O)(=O)N1CCN(c2ccccc2)CC1.Cl.Cl. The van der Waals surface area contributed by atoms with Gasteiger partial charge in [-0.1, -0.05) is 18.2 Å². The fourth-order valence-corrected chi connectivity index (χ4v) is 3.64. The quantitative estimate of drug-likeness (QED) is 0.884. The molecule has 1 saturated heterocycles. The molecule has 0 unspecified atom stereocenters. The Morgan fingerprint density at radius 1 is 1.10 bits per heavy atom. The lowest BCUT2D eigenvalue weighted by atomic mass is 10.2. The van der Waals surface area contributed by atoms with E-state index in [1.54, 1.807) is 11.2 Å². The molecule has 0 aliphatic carbocycles. The van der Waals surface area contributed by atoms with E-state index in [0.717, 1.165) is 18.8 Å². The van der Waals surface area contributed by atoms with Crippen LogP contribution in [0.3, 0.4) is 0 Å². The average Bonchev–Trinajstić information content (AvgIpc) is 2.47. The predicted octanol–water partition coefficient (Wildman–Crippen LogP) is 1.33. The minimum absolute atomic E-state index is 0. The maximum atomic E-state index is 12.2. The molecule has 0 spiro atoms. The van der Waals surface area contributed by atoms with Gasteiger partial charge in [-0.2, -0.15) is 4.31 Å². The van der Waals surface area contributed by atoms with E-state index in [1.165, 1.54) is 0 Å². The summed E-state index contributed by atoms with van der Waals surface area (Å²) in [6.07, 6.45) is 0. The molecule has 1 aromatic rings. The van der Waals surface area contributed by atoms with Crippen LogP contribution in [0.5, 0.6) is 0 Å². The molecule has 5 nitrogen and oxygen atoms in total. The van der Waals surface area contributed by atoms with Gasteiger partial charge in [0.15, 0.2) is 0 Å². The summed E-state index contributed by atoms with van der Waals surface area (Å²) < 4.78 is 25.9. The predicted molar refractivity (Wildman–Crippen MR) is 92.2 cm³/mol. The number of benzene rings is 1. The average molecular weight is 356 g/mol. The molecule has 0 amide bonds. The van der Waals surface area contributed by atoms with Crippen molar-refractivity contribution in [2.75, 3.05) is 37.6 Å². The standard InChI is InChI=1S/C13H21N3O2S.2ClH/c1-12(11-14)19(17,18)16-9-7-15(8-10-16)13-5-3-2-4-6-13;;/h2-6,12H,7-11,14H2,1H3;2*1H/t12-;;/m0../s1. The largest absolute Gasteiger partial charge is 0.369 e. The third-order valence-electron chi connectivity index (χ3n) is 3.56. The van der Waals surface area contributed by atoms with Crippen LogP contribution in [-0.2, 0) is 10.0 Å². The summed E-state index contributed by atoms with van der Waals surface area (Å²) in [6.45, 7) is 4.34. The number of nitrogens with zero attached hydrogens (tertiary/aromatic N) is 2. The molecule has 0 bridgehead atoms. The van der Waals surface area contributed by atoms with Crippen molar-refractivity contribution >= 4 is 40.5 Å². The van der Waals surface area contributed by atoms with E-state index in [2.05, 4.69) is 4.90 Å². The summed E-state index contributed by atoms with van der Waals surface area (Å²) >= 11 is 0. The Morgan fingerprint density at radius 3 is 2.10 bits per heavy atom. The van der Waals surface area contributed by atoms with E-state index in [9.17, 15) is 8.42 Å². The first-order valence-electron chi connectivity index (χ1n) is 6.54. The second kappa shape index (κ2) is 8.80.